The van der Waals surface area contributed by atoms with Gasteiger partial charge < -0.3 is 10.6 Å². The van der Waals surface area contributed by atoms with Crippen LogP contribution in [0.15, 0.2) is 46.3 Å². The van der Waals surface area contributed by atoms with Crippen molar-refractivity contribution in [2.45, 2.75) is 30.7 Å². The number of thioether (sulfide) groups is 1. The fourth-order valence-electron chi connectivity index (χ4n) is 2.12. The number of halogens is 2. The second kappa shape index (κ2) is 10.9. The van der Waals surface area contributed by atoms with Gasteiger partial charge in [0, 0.05) is 23.2 Å². The molecule has 2 N–H and O–H groups in total. The minimum absolute atomic E-state index is 0. The van der Waals surface area contributed by atoms with E-state index in [2.05, 4.69) is 34.7 Å². The van der Waals surface area contributed by atoms with Gasteiger partial charge in [0.15, 0.2) is 5.96 Å². The summed E-state index contributed by atoms with van der Waals surface area (Å²) in [6.45, 7) is 3.55. The molecular formula is C16H23FIN3S. The summed E-state index contributed by atoms with van der Waals surface area (Å²) in [5.74, 6) is 1.45. The molecule has 0 heterocycles. The summed E-state index contributed by atoms with van der Waals surface area (Å²) >= 11 is 1.50. The van der Waals surface area contributed by atoms with Crippen LogP contribution in [0.3, 0.4) is 0 Å². The van der Waals surface area contributed by atoms with Crippen LogP contribution in [-0.4, -0.2) is 30.8 Å². The third kappa shape index (κ3) is 6.56. The van der Waals surface area contributed by atoms with Gasteiger partial charge in [-0.3, -0.25) is 4.99 Å². The first-order valence-corrected chi connectivity index (χ1v) is 8.35. The lowest BCUT2D eigenvalue weighted by molar-refractivity contribution is 0.602. The third-order valence-corrected chi connectivity index (χ3v) is 4.18. The van der Waals surface area contributed by atoms with Crippen molar-refractivity contribution in [3.63, 3.8) is 0 Å². The first-order chi connectivity index (χ1) is 10.3. The van der Waals surface area contributed by atoms with Gasteiger partial charge >= 0.3 is 0 Å². The second-order valence-corrected chi connectivity index (χ2v) is 5.96. The highest BCUT2D eigenvalue weighted by atomic mass is 127. The van der Waals surface area contributed by atoms with Crippen molar-refractivity contribution in [1.29, 1.82) is 0 Å². The number of nitrogens with zero attached hydrogens (tertiary/aromatic N) is 1. The lowest BCUT2D eigenvalue weighted by Crippen LogP contribution is -2.42. The highest BCUT2D eigenvalue weighted by molar-refractivity contribution is 14.0. The van der Waals surface area contributed by atoms with Crippen LogP contribution < -0.4 is 10.6 Å². The number of hydrogen-bond acceptors (Lipinski definition) is 2. The molecular weight excluding hydrogens is 412 g/mol. The van der Waals surface area contributed by atoms with E-state index in [0.717, 1.165) is 31.1 Å². The Morgan fingerprint density at radius 2 is 2.05 bits per heavy atom. The molecule has 0 fully saturated rings. The molecule has 1 aliphatic rings. The molecule has 1 aromatic rings. The minimum atomic E-state index is -0.159. The zero-order valence-electron chi connectivity index (χ0n) is 12.7. The lowest BCUT2D eigenvalue weighted by atomic mass is 10.2. The predicted molar refractivity (Wildman–Crippen MR) is 104 cm³/mol. The predicted octanol–water partition coefficient (Wildman–Crippen LogP) is 3.81. The van der Waals surface area contributed by atoms with Crippen molar-refractivity contribution < 1.29 is 4.39 Å². The number of nitrogens with one attached hydrogen (secondary N) is 2. The summed E-state index contributed by atoms with van der Waals surface area (Å²) in [6.07, 6.45) is 6.48. The maximum atomic E-state index is 13.5. The van der Waals surface area contributed by atoms with Crippen LogP contribution in [0.4, 0.5) is 4.39 Å². The maximum absolute atomic E-state index is 13.5. The van der Waals surface area contributed by atoms with Crippen molar-refractivity contribution in [2.24, 2.45) is 4.99 Å². The number of rotatable bonds is 6. The van der Waals surface area contributed by atoms with Gasteiger partial charge in [-0.2, -0.15) is 0 Å². The van der Waals surface area contributed by atoms with Crippen LogP contribution >= 0.6 is 35.7 Å². The van der Waals surface area contributed by atoms with Gasteiger partial charge in [-0.25, -0.2) is 4.39 Å². The Kier molecular flexibility index (Phi) is 9.54. The summed E-state index contributed by atoms with van der Waals surface area (Å²) in [5, 5.41) is 6.67. The fourth-order valence-corrected chi connectivity index (χ4v) is 2.91. The van der Waals surface area contributed by atoms with Crippen molar-refractivity contribution in [3.05, 3.63) is 42.2 Å². The lowest BCUT2D eigenvalue weighted by Gasteiger charge is -2.16. The normalized spacial score (nSPS) is 14.7. The molecule has 0 saturated carbocycles. The molecule has 0 aromatic heterocycles. The van der Waals surface area contributed by atoms with E-state index in [-0.39, 0.29) is 29.8 Å². The maximum Gasteiger partial charge on any atom is 0.191 e. The van der Waals surface area contributed by atoms with Gasteiger partial charge in [0.1, 0.15) is 5.82 Å². The second-order valence-electron chi connectivity index (χ2n) is 4.82. The SMILES string of the molecule is CCNC(=NCCSc1ccccc1F)NC1CC=CC1.I. The van der Waals surface area contributed by atoms with Crippen LogP contribution in [0.25, 0.3) is 0 Å². The zero-order chi connectivity index (χ0) is 14.9. The van der Waals surface area contributed by atoms with Gasteiger partial charge in [0.2, 0.25) is 0 Å². The molecule has 0 spiro atoms. The van der Waals surface area contributed by atoms with Crippen molar-refractivity contribution in [3.8, 4) is 0 Å². The molecule has 0 saturated heterocycles. The summed E-state index contributed by atoms with van der Waals surface area (Å²) in [5.41, 5.74) is 0. The quantitative estimate of drug-likeness (QED) is 0.178. The summed E-state index contributed by atoms with van der Waals surface area (Å²) in [4.78, 5) is 5.23. The van der Waals surface area contributed by atoms with Crippen molar-refractivity contribution in [1.82, 2.24) is 10.6 Å². The van der Waals surface area contributed by atoms with E-state index in [0.29, 0.717) is 17.5 Å². The summed E-state index contributed by atoms with van der Waals surface area (Å²) in [7, 11) is 0. The molecule has 0 aliphatic heterocycles. The van der Waals surface area contributed by atoms with Gasteiger partial charge in [0.05, 0.1) is 6.54 Å². The van der Waals surface area contributed by atoms with E-state index in [9.17, 15) is 4.39 Å². The van der Waals surface area contributed by atoms with Crippen molar-refractivity contribution in [2.75, 3.05) is 18.8 Å². The Labute approximate surface area is 153 Å². The first-order valence-electron chi connectivity index (χ1n) is 7.36. The van der Waals surface area contributed by atoms with E-state index in [4.69, 9.17) is 0 Å². The monoisotopic (exact) mass is 435 g/mol. The van der Waals surface area contributed by atoms with E-state index in [1.165, 1.54) is 17.8 Å². The number of aliphatic imine (C=N–C) groups is 1. The third-order valence-electron chi connectivity index (χ3n) is 3.15. The topological polar surface area (TPSA) is 36.4 Å². The highest BCUT2D eigenvalue weighted by Gasteiger charge is 2.11. The summed E-state index contributed by atoms with van der Waals surface area (Å²) < 4.78 is 13.5. The number of benzene rings is 1. The average molecular weight is 435 g/mol. The van der Waals surface area contributed by atoms with Gasteiger partial charge in [-0.15, -0.1) is 35.7 Å². The Balaban J connectivity index is 0.00000242. The minimum Gasteiger partial charge on any atom is -0.357 e. The van der Waals surface area contributed by atoms with E-state index >= 15 is 0 Å². The Morgan fingerprint density at radius 3 is 2.73 bits per heavy atom. The van der Waals surface area contributed by atoms with Gasteiger partial charge in [0.25, 0.3) is 0 Å². The highest BCUT2D eigenvalue weighted by Crippen LogP contribution is 2.20. The molecule has 0 radical (unpaired) electrons. The van der Waals surface area contributed by atoms with Crippen molar-refractivity contribution >= 4 is 41.7 Å². The molecule has 0 bridgehead atoms. The van der Waals surface area contributed by atoms with E-state index in [1.54, 1.807) is 12.1 Å². The molecule has 6 heteroatoms. The molecule has 0 atom stereocenters. The smallest absolute Gasteiger partial charge is 0.191 e. The van der Waals surface area contributed by atoms with Crippen LogP contribution in [-0.2, 0) is 0 Å². The van der Waals surface area contributed by atoms with Crippen LogP contribution in [0, 0.1) is 5.82 Å². The largest absolute Gasteiger partial charge is 0.357 e. The zero-order valence-corrected chi connectivity index (χ0v) is 15.9. The molecule has 22 heavy (non-hydrogen) atoms. The molecule has 2 rings (SSSR count). The first kappa shape index (κ1) is 19.3. The molecule has 1 aromatic carbocycles. The number of hydrogen-bond donors (Lipinski definition) is 2. The van der Waals surface area contributed by atoms with Crippen LogP contribution in [0.2, 0.25) is 0 Å². The fraction of sp³-hybridized carbons (Fsp3) is 0.438. The molecule has 0 unspecified atom stereocenters. The molecule has 1 aliphatic carbocycles. The van der Waals surface area contributed by atoms with Gasteiger partial charge in [-0.05, 0) is 31.9 Å². The average Bonchev–Trinajstić information content (AvgIpc) is 2.98. The van der Waals surface area contributed by atoms with Crippen LogP contribution in [0.5, 0.6) is 0 Å². The summed E-state index contributed by atoms with van der Waals surface area (Å²) in [6, 6.07) is 7.30. The van der Waals surface area contributed by atoms with E-state index < -0.39 is 0 Å². The Bertz CT molecular complexity index is 500. The standard InChI is InChI=1S/C16H22FN3S.HI/c1-2-18-16(20-13-7-3-4-8-13)19-11-12-21-15-10-6-5-9-14(15)17;/h3-6,9-10,13H,2,7-8,11-12H2,1H3,(H2,18,19,20);1H. The molecule has 3 nitrogen and oxygen atoms in total. The Morgan fingerprint density at radius 1 is 1.32 bits per heavy atom. The Hall–Kier alpha value is -0.760. The molecule has 122 valence electrons. The number of guanidine groups is 1. The molecule has 0 amide bonds. The van der Waals surface area contributed by atoms with Crippen LogP contribution in [0.1, 0.15) is 19.8 Å². The van der Waals surface area contributed by atoms with Gasteiger partial charge in [-0.1, -0.05) is 24.3 Å². The van der Waals surface area contributed by atoms with E-state index in [1.807, 2.05) is 6.07 Å².